The van der Waals surface area contributed by atoms with Crippen LogP contribution in [0.1, 0.15) is 51.2 Å². The normalized spacial score (nSPS) is 15.0. The Morgan fingerprint density at radius 3 is 2.77 bits per heavy atom. The van der Waals surface area contributed by atoms with Crippen LogP contribution in [0.15, 0.2) is 35.1 Å². The fraction of sp³-hybridized carbons (Fsp3) is 0.500. The van der Waals surface area contributed by atoms with Gasteiger partial charge in [-0.3, -0.25) is 0 Å². The summed E-state index contributed by atoms with van der Waals surface area (Å²) in [5, 5.41) is 10.5. The van der Waals surface area contributed by atoms with Gasteiger partial charge in [0.2, 0.25) is 0 Å². The van der Waals surface area contributed by atoms with Crippen LogP contribution in [0, 0.1) is 0 Å². The first kappa shape index (κ1) is 15.2. The third-order valence-electron chi connectivity index (χ3n) is 3.50. The molecular formula is C16H21N5S. The first-order chi connectivity index (χ1) is 10.5. The van der Waals surface area contributed by atoms with Gasteiger partial charge in [-0.1, -0.05) is 26.8 Å². The van der Waals surface area contributed by atoms with Gasteiger partial charge in [0, 0.05) is 24.1 Å². The van der Waals surface area contributed by atoms with Crippen molar-refractivity contribution in [2.24, 2.45) is 0 Å². The molecule has 0 radical (unpaired) electrons. The lowest BCUT2D eigenvalue weighted by Gasteiger charge is -2.16. The summed E-state index contributed by atoms with van der Waals surface area (Å²) >= 11 is 1.54. The zero-order valence-electron chi connectivity index (χ0n) is 13.3. The molecule has 1 fully saturated rings. The van der Waals surface area contributed by atoms with Crippen LogP contribution in [0.25, 0.3) is 0 Å². The number of rotatable bonds is 5. The number of aromatic nitrogens is 5. The summed E-state index contributed by atoms with van der Waals surface area (Å²) in [6.45, 7) is 10.9. The molecule has 0 unspecified atom stereocenters. The Balaban J connectivity index is 1.88. The zero-order chi connectivity index (χ0) is 15.7. The van der Waals surface area contributed by atoms with Gasteiger partial charge >= 0.3 is 0 Å². The molecule has 1 saturated carbocycles. The highest BCUT2D eigenvalue weighted by Crippen LogP contribution is 2.40. The van der Waals surface area contributed by atoms with E-state index in [1.54, 1.807) is 11.8 Å². The van der Waals surface area contributed by atoms with Crippen LogP contribution >= 0.6 is 11.8 Å². The third-order valence-corrected chi connectivity index (χ3v) is 4.42. The van der Waals surface area contributed by atoms with Crippen molar-refractivity contribution < 1.29 is 0 Å². The largest absolute Gasteiger partial charge is 0.302 e. The fourth-order valence-electron chi connectivity index (χ4n) is 2.17. The molecule has 2 aromatic heterocycles. The summed E-state index contributed by atoms with van der Waals surface area (Å²) in [7, 11) is 0. The molecule has 0 saturated heterocycles. The van der Waals surface area contributed by atoms with Crippen molar-refractivity contribution in [3.8, 4) is 0 Å². The number of allylic oxidation sites excluding steroid dienone is 1. The molecule has 2 heterocycles. The topological polar surface area (TPSA) is 56.5 Å². The maximum Gasteiger partial charge on any atom is 0.197 e. The molecule has 1 aliphatic carbocycles. The summed E-state index contributed by atoms with van der Waals surface area (Å²) in [5.41, 5.74) is -0.0649. The van der Waals surface area contributed by atoms with Crippen LogP contribution in [0.2, 0.25) is 0 Å². The summed E-state index contributed by atoms with van der Waals surface area (Å²) in [4.78, 5) is 9.03. The standard InChI is InChI=1S/C16H21N5S/c1-5-10-21-13(11-6-7-11)19-20-15(21)22-12-8-9-17-14(18-12)16(2,3)4/h5,8-9,11H,1,6-7,10H2,2-4H3. The van der Waals surface area contributed by atoms with Crippen molar-refractivity contribution in [3.05, 3.63) is 36.6 Å². The highest BCUT2D eigenvalue weighted by molar-refractivity contribution is 7.99. The predicted octanol–water partition coefficient (Wildman–Crippen LogP) is 3.58. The van der Waals surface area contributed by atoms with Gasteiger partial charge in [0.05, 0.1) is 0 Å². The van der Waals surface area contributed by atoms with E-state index >= 15 is 0 Å². The average Bonchev–Trinajstić information content (AvgIpc) is 3.24. The lowest BCUT2D eigenvalue weighted by molar-refractivity contribution is 0.538. The van der Waals surface area contributed by atoms with E-state index in [2.05, 4.69) is 52.1 Å². The molecule has 0 spiro atoms. The number of hydrogen-bond acceptors (Lipinski definition) is 5. The lowest BCUT2D eigenvalue weighted by atomic mass is 9.96. The predicted molar refractivity (Wildman–Crippen MR) is 87.0 cm³/mol. The summed E-state index contributed by atoms with van der Waals surface area (Å²) in [6, 6.07) is 1.92. The Labute approximate surface area is 135 Å². The molecular weight excluding hydrogens is 294 g/mol. The minimum absolute atomic E-state index is 0.0649. The summed E-state index contributed by atoms with van der Waals surface area (Å²) < 4.78 is 2.15. The molecule has 0 N–H and O–H groups in total. The van der Waals surface area contributed by atoms with Gasteiger partial charge < -0.3 is 4.57 Å². The van der Waals surface area contributed by atoms with E-state index in [0.717, 1.165) is 28.4 Å². The maximum atomic E-state index is 4.66. The van der Waals surface area contributed by atoms with Crippen molar-refractivity contribution in [3.63, 3.8) is 0 Å². The van der Waals surface area contributed by atoms with Crippen LogP contribution < -0.4 is 0 Å². The minimum atomic E-state index is -0.0649. The fourth-order valence-corrected chi connectivity index (χ4v) is 2.98. The number of nitrogens with zero attached hydrogens (tertiary/aromatic N) is 5. The van der Waals surface area contributed by atoms with E-state index in [4.69, 9.17) is 0 Å². The highest BCUT2D eigenvalue weighted by atomic mass is 32.2. The zero-order valence-corrected chi connectivity index (χ0v) is 14.1. The van der Waals surface area contributed by atoms with Crippen molar-refractivity contribution in [1.82, 2.24) is 24.7 Å². The molecule has 116 valence electrons. The van der Waals surface area contributed by atoms with Gasteiger partial charge in [0.1, 0.15) is 16.7 Å². The van der Waals surface area contributed by atoms with Gasteiger partial charge in [-0.25, -0.2) is 9.97 Å². The van der Waals surface area contributed by atoms with Gasteiger partial charge in [0.15, 0.2) is 5.16 Å². The summed E-state index contributed by atoms with van der Waals surface area (Å²) in [5.74, 6) is 2.49. The molecule has 2 aromatic rings. The van der Waals surface area contributed by atoms with Crippen LogP contribution in [0.5, 0.6) is 0 Å². The first-order valence-electron chi connectivity index (χ1n) is 7.54. The van der Waals surface area contributed by atoms with E-state index in [9.17, 15) is 0 Å². The Hall–Kier alpha value is -1.69. The van der Waals surface area contributed by atoms with Crippen LogP contribution in [-0.4, -0.2) is 24.7 Å². The molecule has 6 heteroatoms. The molecule has 22 heavy (non-hydrogen) atoms. The van der Waals surface area contributed by atoms with Gasteiger partial charge in [-0.05, 0) is 30.7 Å². The molecule has 3 rings (SSSR count). The van der Waals surface area contributed by atoms with Crippen LogP contribution in [0.3, 0.4) is 0 Å². The second-order valence-electron chi connectivity index (χ2n) is 6.58. The average molecular weight is 315 g/mol. The van der Waals surface area contributed by atoms with Gasteiger partial charge in [-0.15, -0.1) is 16.8 Å². The molecule has 1 aliphatic rings. The molecule has 0 amide bonds. The molecule has 0 aliphatic heterocycles. The van der Waals surface area contributed by atoms with Crippen molar-refractivity contribution in [1.29, 1.82) is 0 Å². The van der Waals surface area contributed by atoms with E-state index in [0.29, 0.717) is 5.92 Å². The van der Waals surface area contributed by atoms with Crippen LogP contribution in [-0.2, 0) is 12.0 Å². The molecule has 0 atom stereocenters. The maximum absolute atomic E-state index is 4.66. The second-order valence-corrected chi connectivity index (χ2v) is 7.57. The van der Waals surface area contributed by atoms with E-state index < -0.39 is 0 Å². The van der Waals surface area contributed by atoms with Gasteiger partial charge in [0.25, 0.3) is 0 Å². The number of hydrogen-bond donors (Lipinski definition) is 0. The van der Waals surface area contributed by atoms with Crippen LogP contribution in [0.4, 0.5) is 0 Å². The Morgan fingerprint density at radius 1 is 1.36 bits per heavy atom. The van der Waals surface area contributed by atoms with E-state index in [1.165, 1.54) is 12.8 Å². The minimum Gasteiger partial charge on any atom is -0.302 e. The lowest BCUT2D eigenvalue weighted by Crippen LogP contribution is -2.15. The molecule has 0 bridgehead atoms. The smallest absolute Gasteiger partial charge is 0.197 e. The third kappa shape index (κ3) is 3.21. The first-order valence-corrected chi connectivity index (χ1v) is 8.36. The Bertz CT molecular complexity index is 682. The SMILES string of the molecule is C=CCn1c(Sc2ccnc(C(C)(C)C)n2)nnc1C1CC1. The molecule has 5 nitrogen and oxygen atoms in total. The van der Waals surface area contributed by atoms with E-state index in [-0.39, 0.29) is 5.41 Å². The second kappa shape index (κ2) is 5.83. The summed E-state index contributed by atoms with van der Waals surface area (Å²) in [6.07, 6.45) is 6.12. The van der Waals surface area contributed by atoms with Crippen molar-refractivity contribution >= 4 is 11.8 Å². The van der Waals surface area contributed by atoms with Gasteiger partial charge in [-0.2, -0.15) is 0 Å². The van der Waals surface area contributed by atoms with Crippen molar-refractivity contribution in [2.45, 2.75) is 61.7 Å². The Morgan fingerprint density at radius 2 is 2.14 bits per heavy atom. The highest BCUT2D eigenvalue weighted by Gasteiger charge is 2.30. The quantitative estimate of drug-likeness (QED) is 0.623. The monoisotopic (exact) mass is 315 g/mol. The Kier molecular flexibility index (Phi) is 4.04. The molecule has 0 aromatic carbocycles. The van der Waals surface area contributed by atoms with E-state index in [1.807, 2.05) is 18.3 Å². The van der Waals surface area contributed by atoms with Crippen molar-refractivity contribution in [2.75, 3.05) is 0 Å².